The second-order valence-corrected chi connectivity index (χ2v) is 8.58. The first kappa shape index (κ1) is 26.5. The number of rotatable bonds is 16. The highest BCUT2D eigenvalue weighted by Crippen LogP contribution is 2.20. The average molecular weight is 453 g/mol. The fraction of sp³-hybridized carbons (Fsp3) is 0.483. The smallest absolute Gasteiger partial charge is 0.343 e. The van der Waals surface area contributed by atoms with Gasteiger partial charge in [0.2, 0.25) is 0 Å². The molecule has 0 fully saturated rings. The van der Waals surface area contributed by atoms with E-state index in [1.807, 2.05) is 18.2 Å². The molecular formula is C29H40O4. The van der Waals surface area contributed by atoms with Crippen LogP contribution in [0, 0.1) is 5.92 Å². The molecule has 0 unspecified atom stereocenters. The Kier molecular flexibility index (Phi) is 12.8. The first-order valence-electron chi connectivity index (χ1n) is 12.5. The first-order valence-corrected chi connectivity index (χ1v) is 12.5. The van der Waals surface area contributed by atoms with Gasteiger partial charge in [0, 0.05) is 0 Å². The third-order valence-corrected chi connectivity index (χ3v) is 5.71. The zero-order chi connectivity index (χ0) is 23.7. The van der Waals surface area contributed by atoms with Gasteiger partial charge in [0.1, 0.15) is 17.2 Å². The Morgan fingerprint density at radius 2 is 1.52 bits per heavy atom. The summed E-state index contributed by atoms with van der Waals surface area (Å²) in [6.45, 7) is 7.40. The van der Waals surface area contributed by atoms with Gasteiger partial charge in [-0.1, -0.05) is 52.9 Å². The number of hydrogen-bond acceptors (Lipinski definition) is 4. The highest BCUT2D eigenvalue weighted by molar-refractivity contribution is 5.91. The van der Waals surface area contributed by atoms with Gasteiger partial charge in [-0.25, -0.2) is 4.79 Å². The van der Waals surface area contributed by atoms with E-state index in [2.05, 4.69) is 20.8 Å². The van der Waals surface area contributed by atoms with Crippen LogP contribution in [-0.2, 0) is 0 Å². The molecule has 2 rings (SSSR count). The third-order valence-electron chi connectivity index (χ3n) is 5.71. The maximum atomic E-state index is 12.4. The van der Waals surface area contributed by atoms with Gasteiger partial charge in [0.05, 0.1) is 18.4 Å². The van der Waals surface area contributed by atoms with Crippen LogP contribution in [0.1, 0.15) is 88.9 Å². The molecule has 4 nitrogen and oxygen atoms in total. The van der Waals surface area contributed by atoms with E-state index in [0.717, 1.165) is 24.5 Å². The summed E-state index contributed by atoms with van der Waals surface area (Å²) in [5.74, 6) is 2.32. The van der Waals surface area contributed by atoms with Gasteiger partial charge < -0.3 is 14.2 Å². The number of esters is 1. The van der Waals surface area contributed by atoms with E-state index >= 15 is 0 Å². The monoisotopic (exact) mass is 452 g/mol. The van der Waals surface area contributed by atoms with Crippen LogP contribution in [0.5, 0.6) is 17.2 Å². The lowest BCUT2D eigenvalue weighted by atomic mass is 10.0. The van der Waals surface area contributed by atoms with Crippen molar-refractivity contribution in [3.63, 3.8) is 0 Å². The van der Waals surface area contributed by atoms with Crippen LogP contribution >= 0.6 is 0 Å². The van der Waals surface area contributed by atoms with Crippen LogP contribution in [0.3, 0.4) is 0 Å². The van der Waals surface area contributed by atoms with Crippen molar-refractivity contribution in [1.29, 1.82) is 0 Å². The number of carbonyl (C=O) groups is 1. The Labute approximate surface area is 200 Å². The van der Waals surface area contributed by atoms with Gasteiger partial charge in [-0.15, -0.1) is 0 Å². The lowest BCUT2D eigenvalue weighted by Crippen LogP contribution is -2.08. The molecule has 180 valence electrons. The van der Waals surface area contributed by atoms with E-state index in [9.17, 15) is 4.79 Å². The van der Waals surface area contributed by atoms with E-state index in [-0.39, 0.29) is 0 Å². The molecule has 0 bridgehead atoms. The second-order valence-electron chi connectivity index (χ2n) is 8.58. The summed E-state index contributed by atoms with van der Waals surface area (Å²) in [7, 11) is 0. The van der Waals surface area contributed by atoms with E-state index in [1.165, 1.54) is 44.9 Å². The summed E-state index contributed by atoms with van der Waals surface area (Å²) in [6.07, 6.45) is 14.6. The predicted molar refractivity (Wildman–Crippen MR) is 135 cm³/mol. The van der Waals surface area contributed by atoms with Crippen molar-refractivity contribution in [1.82, 2.24) is 0 Å². The number of carbonyl (C=O) groups excluding carboxylic acids is 1. The van der Waals surface area contributed by atoms with E-state index in [0.29, 0.717) is 23.7 Å². The van der Waals surface area contributed by atoms with Crippen molar-refractivity contribution in [3.8, 4) is 17.2 Å². The fourth-order valence-corrected chi connectivity index (χ4v) is 3.33. The molecule has 0 aliphatic rings. The number of ether oxygens (including phenoxy) is 3. The molecule has 2 aromatic rings. The summed E-state index contributed by atoms with van der Waals surface area (Å²) in [6, 6.07) is 14.2. The van der Waals surface area contributed by atoms with E-state index < -0.39 is 5.97 Å². The SMILES string of the molecule is CCCCCCC/C=C/Oc1ccc(C(=O)Oc2ccc(OCCC[C@@H](C)CC)cc2)cc1. The molecule has 2 aromatic carbocycles. The number of allylic oxidation sites excluding steroid dienone is 1. The molecule has 0 saturated carbocycles. The molecule has 0 radical (unpaired) electrons. The standard InChI is InChI=1S/C29H40O4/c1-4-6-7-8-9-10-11-22-31-26-16-14-25(15-17-26)29(30)33-28-20-18-27(19-21-28)32-23-12-13-24(3)5-2/h11,14-22,24H,4-10,12-13,23H2,1-3H3/b22-11+/t24-/m0/s1. The van der Waals surface area contributed by atoms with Crippen molar-refractivity contribution < 1.29 is 19.0 Å². The van der Waals surface area contributed by atoms with Gasteiger partial charge in [-0.3, -0.25) is 0 Å². The molecule has 1 atom stereocenters. The van der Waals surface area contributed by atoms with Crippen LogP contribution in [0.4, 0.5) is 0 Å². The summed E-state index contributed by atoms with van der Waals surface area (Å²) in [5, 5.41) is 0. The number of hydrogen-bond donors (Lipinski definition) is 0. The van der Waals surface area contributed by atoms with E-state index in [1.54, 1.807) is 42.7 Å². The topological polar surface area (TPSA) is 44.8 Å². The normalized spacial score (nSPS) is 12.0. The van der Waals surface area contributed by atoms with E-state index in [4.69, 9.17) is 14.2 Å². The maximum absolute atomic E-state index is 12.4. The van der Waals surface area contributed by atoms with Gasteiger partial charge in [-0.05, 0) is 86.2 Å². The molecule has 0 saturated heterocycles. The zero-order valence-electron chi connectivity index (χ0n) is 20.6. The summed E-state index contributed by atoms with van der Waals surface area (Å²) >= 11 is 0. The molecule has 0 amide bonds. The molecule has 0 N–H and O–H groups in total. The largest absolute Gasteiger partial charge is 0.494 e. The van der Waals surface area contributed by atoms with Gasteiger partial charge in [0.25, 0.3) is 0 Å². The minimum absolute atomic E-state index is 0.397. The Morgan fingerprint density at radius 3 is 2.21 bits per heavy atom. The van der Waals surface area contributed by atoms with Crippen molar-refractivity contribution in [2.45, 2.75) is 78.6 Å². The number of unbranched alkanes of at least 4 members (excludes halogenated alkanes) is 5. The third kappa shape index (κ3) is 11.1. The molecule has 4 heteroatoms. The lowest BCUT2D eigenvalue weighted by molar-refractivity contribution is 0.0734. The summed E-state index contributed by atoms with van der Waals surface area (Å²) in [5.41, 5.74) is 0.479. The van der Waals surface area contributed by atoms with Crippen LogP contribution in [-0.4, -0.2) is 12.6 Å². The summed E-state index contributed by atoms with van der Waals surface area (Å²) in [4.78, 5) is 12.4. The minimum Gasteiger partial charge on any atom is -0.494 e. The lowest BCUT2D eigenvalue weighted by Gasteiger charge is -2.10. The molecule has 0 aromatic heterocycles. The Bertz CT molecular complexity index is 809. The highest BCUT2D eigenvalue weighted by Gasteiger charge is 2.09. The maximum Gasteiger partial charge on any atom is 0.343 e. The molecule has 33 heavy (non-hydrogen) atoms. The summed E-state index contributed by atoms with van der Waals surface area (Å²) < 4.78 is 16.9. The molecule has 0 spiro atoms. The Balaban J connectivity index is 1.71. The minimum atomic E-state index is -0.397. The fourth-order valence-electron chi connectivity index (χ4n) is 3.33. The molecule has 0 heterocycles. The second kappa shape index (κ2) is 16.0. The highest BCUT2D eigenvalue weighted by atomic mass is 16.5. The quantitative estimate of drug-likeness (QED) is 0.111. The molecular weight excluding hydrogens is 412 g/mol. The van der Waals surface area contributed by atoms with Crippen molar-refractivity contribution in [2.75, 3.05) is 6.61 Å². The average Bonchev–Trinajstić information content (AvgIpc) is 2.84. The predicted octanol–water partition coefficient (Wildman–Crippen LogP) is 8.36. The zero-order valence-corrected chi connectivity index (χ0v) is 20.6. The van der Waals surface area contributed by atoms with Gasteiger partial charge in [-0.2, -0.15) is 0 Å². The van der Waals surface area contributed by atoms with Crippen molar-refractivity contribution in [3.05, 3.63) is 66.4 Å². The molecule has 0 aliphatic heterocycles. The van der Waals surface area contributed by atoms with Crippen molar-refractivity contribution >= 4 is 5.97 Å². The first-order chi connectivity index (χ1) is 16.1. The van der Waals surface area contributed by atoms with Crippen molar-refractivity contribution in [2.24, 2.45) is 5.92 Å². The van der Waals surface area contributed by atoms with Gasteiger partial charge in [0.15, 0.2) is 0 Å². The molecule has 0 aliphatic carbocycles. The van der Waals surface area contributed by atoms with Crippen LogP contribution in [0.25, 0.3) is 0 Å². The Morgan fingerprint density at radius 1 is 0.848 bits per heavy atom. The van der Waals surface area contributed by atoms with Crippen LogP contribution in [0.2, 0.25) is 0 Å². The van der Waals surface area contributed by atoms with Gasteiger partial charge >= 0.3 is 5.97 Å². The van der Waals surface area contributed by atoms with Crippen LogP contribution in [0.15, 0.2) is 60.9 Å². The number of benzene rings is 2. The van der Waals surface area contributed by atoms with Crippen LogP contribution < -0.4 is 14.2 Å². The Hall–Kier alpha value is -2.75.